The van der Waals surface area contributed by atoms with Gasteiger partial charge in [0.25, 0.3) is 0 Å². The molecule has 0 radical (unpaired) electrons. The van der Waals surface area contributed by atoms with E-state index in [2.05, 4.69) is 0 Å². The van der Waals surface area contributed by atoms with Crippen LogP contribution in [0.3, 0.4) is 0 Å². The van der Waals surface area contributed by atoms with Crippen molar-refractivity contribution in [1.29, 1.82) is 0 Å². The average Bonchev–Trinajstić information content (AvgIpc) is 0.918. The zero-order valence-electron chi connectivity index (χ0n) is 3.56. The summed E-state index contributed by atoms with van der Waals surface area (Å²) in [6.45, 7) is 0. The van der Waals surface area contributed by atoms with Gasteiger partial charge in [0, 0.05) is 0 Å². The van der Waals surface area contributed by atoms with Crippen molar-refractivity contribution in [3.8, 4) is 0 Å². The first kappa shape index (κ1) is 32.6. The van der Waals surface area contributed by atoms with E-state index < -0.39 is 0 Å². The molecule has 0 aromatic rings. The van der Waals surface area contributed by atoms with Crippen molar-refractivity contribution < 1.29 is 24.8 Å². The molecule has 0 amide bonds. The first-order valence-electron chi connectivity index (χ1n) is 0.447. The van der Waals surface area contributed by atoms with Crippen LogP contribution in [0.25, 0.3) is 10.8 Å². The Labute approximate surface area is 129 Å². The van der Waals surface area contributed by atoms with Gasteiger partial charge in [0.15, 0.2) is 0 Å². The summed E-state index contributed by atoms with van der Waals surface area (Å²) in [6, 6.07) is 0.750. The molecule has 0 aliphatic carbocycles. The van der Waals surface area contributed by atoms with E-state index in [9.17, 15) is 0 Å². The Kier molecular flexibility index (Phi) is 170. The summed E-state index contributed by atoms with van der Waals surface area (Å²) in [5.41, 5.74) is 0. The maximum absolute atomic E-state index is 6.88. The second kappa shape index (κ2) is 36.4. The van der Waals surface area contributed by atoms with Crippen LogP contribution in [0, 0.1) is 0 Å². The molecule has 0 unspecified atom stereocenters. The van der Waals surface area contributed by atoms with Crippen LogP contribution in [0.5, 0.6) is 0 Å². The Hall–Kier alpha value is 2.92. The van der Waals surface area contributed by atoms with Crippen molar-refractivity contribution in [1.82, 2.24) is 0 Å². The third-order valence-corrected chi connectivity index (χ3v) is 0. The van der Waals surface area contributed by atoms with Gasteiger partial charge in [-0.25, -0.2) is 0 Å². The van der Waals surface area contributed by atoms with Crippen molar-refractivity contribution >= 4 is 97.0 Å². The summed E-state index contributed by atoms with van der Waals surface area (Å²) < 4.78 is 0. The van der Waals surface area contributed by atoms with E-state index in [4.69, 9.17) is 10.8 Å². The van der Waals surface area contributed by atoms with E-state index in [-0.39, 0.29) is 116 Å². The van der Waals surface area contributed by atoms with E-state index in [0.29, 0.717) is 0 Å². The fraction of sp³-hybridized carbons (Fsp3) is 0. The van der Waals surface area contributed by atoms with Gasteiger partial charge in [-0.15, -0.1) is 0 Å². The first-order chi connectivity index (χ1) is 1.41. The number of nitrogens with zero attached hydrogens (tertiary/aromatic N) is 2. The molecule has 0 heterocycles. The second-order valence-electron chi connectivity index (χ2n) is 0.100. The molecule has 6 heteroatoms. The summed E-state index contributed by atoms with van der Waals surface area (Å²) in [7, 11) is 0. The Morgan fingerprint density at radius 2 is 0.857 bits per heavy atom. The molecule has 0 saturated carbocycles. The van der Waals surface area contributed by atoms with E-state index in [1.165, 1.54) is 0 Å². The van der Waals surface area contributed by atoms with Crippen LogP contribution in [-0.4, -0.2) is 97.0 Å². The third-order valence-electron chi connectivity index (χ3n) is 0. The average molecular weight is 286 g/mol. The Morgan fingerprint density at radius 1 is 0.857 bits per heavy atom. The Morgan fingerprint density at radius 3 is 0.857 bits per heavy atom. The quantitative estimate of drug-likeness (QED) is 0.314. The molecule has 0 rings (SSSR count). The topological polar surface area (TPSA) is 44.6 Å². The van der Waals surface area contributed by atoms with Crippen LogP contribution in [0.2, 0.25) is 0 Å². The monoisotopic (exact) mass is 286 g/mol. The smallest absolute Gasteiger partial charge is 1.00 e. The van der Waals surface area contributed by atoms with Crippen LogP contribution in [0.15, 0.2) is 0 Å². The molecule has 0 aliphatic rings. The van der Waals surface area contributed by atoms with E-state index >= 15 is 0 Å². The molecular weight excluding hydrogens is 286 g/mol. The van der Waals surface area contributed by atoms with Crippen molar-refractivity contribution in [2.24, 2.45) is 0 Å². The van der Waals surface area contributed by atoms with Gasteiger partial charge in [0.2, 0.25) is 0 Å². The minimum Gasteiger partial charge on any atom is -1.00 e. The van der Waals surface area contributed by atoms with Crippen molar-refractivity contribution in [2.75, 3.05) is 0 Å². The fourth-order valence-electron chi connectivity index (χ4n) is 0. The van der Waals surface area contributed by atoms with Gasteiger partial charge in [-0.05, 0) is 0 Å². The molecule has 32 valence electrons. The fourth-order valence-corrected chi connectivity index (χ4v) is 0. The number of hydrogen-bond acceptors (Lipinski definition) is 0. The van der Waals surface area contributed by atoms with Crippen molar-refractivity contribution in [3.63, 3.8) is 0 Å². The predicted molar refractivity (Wildman–Crippen MR) is 23.2 cm³/mol. The molecule has 0 N–H and O–H groups in total. The third kappa shape index (κ3) is 50.1. The summed E-state index contributed by atoms with van der Waals surface area (Å²) in [4.78, 5) is 0. The van der Waals surface area contributed by atoms with Crippen LogP contribution in [0.1, 0.15) is 0 Å². The van der Waals surface area contributed by atoms with Crippen molar-refractivity contribution in [3.05, 3.63) is 10.8 Å². The van der Waals surface area contributed by atoms with Crippen LogP contribution in [-0.2, 0) is 0 Å². The normalized spacial score (nSPS) is 1.14. The van der Waals surface area contributed by atoms with Crippen molar-refractivity contribution in [2.45, 2.75) is 0 Å². The van der Waals surface area contributed by atoms with Gasteiger partial charge >= 0.3 is 91.0 Å². The van der Waals surface area contributed by atoms with Gasteiger partial charge in [-0.2, -0.15) is 0 Å². The summed E-state index contributed by atoms with van der Waals surface area (Å²) in [5, 5.41) is 13.8. The largest absolute Gasteiger partial charge is 2.00 e. The number of halogens is 2. The van der Waals surface area contributed by atoms with Crippen LogP contribution < -0.4 is 24.8 Å². The van der Waals surface area contributed by atoms with E-state index in [0.717, 1.165) is 6.01 Å². The zero-order valence-corrected chi connectivity index (χ0v) is 12.0. The summed E-state index contributed by atoms with van der Waals surface area (Å²) >= 11 is 0. The first-order valence-corrected chi connectivity index (χ1v) is 0.447. The molecule has 0 atom stereocenters. The zero-order chi connectivity index (χ0) is 2.71. The van der Waals surface area contributed by atoms with Gasteiger partial charge in [0.05, 0.1) is 0 Å². The summed E-state index contributed by atoms with van der Waals surface area (Å²) in [6.07, 6.45) is 0. The van der Waals surface area contributed by atoms with Crippen LogP contribution in [0.4, 0.5) is 0 Å². The number of hydrogen-bond donors (Lipinski definition) is 0. The van der Waals surface area contributed by atoms with Gasteiger partial charge in [0.1, 0.15) is 0 Å². The van der Waals surface area contributed by atoms with Gasteiger partial charge in [-0.1, -0.05) is 0 Å². The molecule has 7 heavy (non-hydrogen) atoms. The molecule has 0 fully saturated rings. The Balaban J connectivity index is -0.00000000333. The molecule has 0 spiro atoms. The molecule has 2 nitrogen and oxygen atoms in total. The molecule has 0 aliphatic heterocycles. The minimum atomic E-state index is 0. The molecule has 0 aromatic carbocycles. The maximum Gasteiger partial charge on any atom is 2.00 e. The number of rotatable bonds is 0. The molecule has 0 aromatic heterocycles. The molecular formula is CCl2N2Sr2. The molecule has 0 bridgehead atoms. The maximum atomic E-state index is 6.88. The second-order valence-corrected chi connectivity index (χ2v) is 0.100. The summed E-state index contributed by atoms with van der Waals surface area (Å²) in [5.74, 6) is 0. The van der Waals surface area contributed by atoms with Crippen LogP contribution >= 0.6 is 0 Å². The van der Waals surface area contributed by atoms with E-state index in [1.54, 1.807) is 0 Å². The SMILES string of the molecule is [Cl-].[Cl-].[N-]=C=[N-].[Sr+2].[Sr+2]. The molecule has 0 saturated heterocycles. The van der Waals surface area contributed by atoms with Gasteiger partial charge in [-0.3, -0.25) is 0 Å². The predicted octanol–water partition coefficient (Wildman–Crippen LogP) is -6.45. The Bertz CT molecular complexity index is 34.7. The van der Waals surface area contributed by atoms with Gasteiger partial charge < -0.3 is 41.6 Å². The standard InChI is InChI=1S/CN2.2ClH.2Sr/c2-1-3;;;;/h;2*1H;;/q-2;;;2*+2/p-2. The van der Waals surface area contributed by atoms with E-state index in [1.807, 2.05) is 0 Å². The minimum absolute atomic E-state index is 0.